The van der Waals surface area contributed by atoms with Crippen molar-refractivity contribution in [2.75, 3.05) is 25.2 Å². The lowest BCUT2D eigenvalue weighted by Gasteiger charge is -2.33. The molecule has 8 heteroatoms. The van der Waals surface area contributed by atoms with E-state index in [1.165, 1.54) is 7.11 Å². The molecule has 2 heterocycles. The molecule has 0 spiro atoms. The zero-order chi connectivity index (χ0) is 25.9. The zero-order valence-electron chi connectivity index (χ0n) is 20.1. The van der Waals surface area contributed by atoms with Crippen molar-refractivity contribution in [3.63, 3.8) is 0 Å². The molecular weight excluding hydrogens is 490 g/mol. The Morgan fingerprint density at radius 2 is 1.57 bits per heavy atom. The predicted octanol–water partition coefficient (Wildman–Crippen LogP) is 5.37. The Bertz CT molecular complexity index is 1510. The summed E-state index contributed by atoms with van der Waals surface area (Å²) in [5.74, 6) is -1.31. The number of carbonyl (C=O) groups is 3. The van der Waals surface area contributed by atoms with Crippen LogP contribution in [0.25, 0.3) is 17.0 Å². The lowest BCUT2D eigenvalue weighted by atomic mass is 10.0. The lowest BCUT2D eigenvalue weighted by molar-refractivity contribution is -0.129. The largest absolute Gasteiger partial charge is 0.383 e. The van der Waals surface area contributed by atoms with E-state index in [1.807, 2.05) is 54.7 Å². The third-order valence-electron chi connectivity index (χ3n) is 6.25. The highest BCUT2D eigenvalue weighted by atomic mass is 35.5. The highest BCUT2D eigenvalue weighted by molar-refractivity contribution is 6.39. The molecule has 3 aromatic carbocycles. The molecule has 0 bridgehead atoms. The van der Waals surface area contributed by atoms with Crippen LogP contribution in [-0.2, 0) is 20.9 Å². The van der Waals surface area contributed by atoms with Gasteiger partial charge in [0.2, 0.25) is 0 Å². The number of ether oxygens (including phenoxy) is 1. The molecule has 7 nitrogen and oxygen atoms in total. The van der Waals surface area contributed by atoms with Crippen LogP contribution in [0.4, 0.5) is 10.5 Å². The molecule has 0 radical (unpaired) electrons. The van der Waals surface area contributed by atoms with Crippen molar-refractivity contribution < 1.29 is 19.1 Å². The van der Waals surface area contributed by atoms with Crippen LogP contribution < -0.4 is 4.90 Å². The maximum Gasteiger partial charge on any atom is 0.338 e. The van der Waals surface area contributed by atoms with E-state index in [4.69, 9.17) is 16.3 Å². The number of nitrogens with zero attached hydrogens (tertiary/aromatic N) is 3. The van der Waals surface area contributed by atoms with E-state index in [2.05, 4.69) is 4.57 Å². The molecule has 4 aromatic rings. The fraction of sp³-hybridized carbons (Fsp3) is 0.138. The van der Waals surface area contributed by atoms with Crippen LogP contribution in [0.2, 0.25) is 5.02 Å². The highest BCUT2D eigenvalue weighted by Gasteiger charge is 2.42. The maximum absolute atomic E-state index is 13.6. The fourth-order valence-corrected chi connectivity index (χ4v) is 4.55. The van der Waals surface area contributed by atoms with Gasteiger partial charge in [0, 0.05) is 41.3 Å². The van der Waals surface area contributed by atoms with Gasteiger partial charge in [-0.2, -0.15) is 0 Å². The van der Waals surface area contributed by atoms with Gasteiger partial charge in [0.1, 0.15) is 5.57 Å². The minimum atomic E-state index is -0.694. The molecule has 0 N–H and O–H groups in total. The number of methoxy groups -OCH3 is 1. The van der Waals surface area contributed by atoms with Gasteiger partial charge in [-0.1, -0.05) is 60.1 Å². The first-order valence-corrected chi connectivity index (χ1v) is 12.1. The van der Waals surface area contributed by atoms with Crippen LogP contribution in [0.15, 0.2) is 90.6 Å². The van der Waals surface area contributed by atoms with Crippen molar-refractivity contribution >= 4 is 52.1 Å². The number of imide groups is 2. The number of hydrogen-bond acceptors (Lipinski definition) is 4. The smallest absolute Gasteiger partial charge is 0.338 e. The summed E-state index contributed by atoms with van der Waals surface area (Å²) >= 11 is 6.04. The van der Waals surface area contributed by atoms with Crippen LogP contribution >= 0.6 is 11.6 Å². The number of rotatable bonds is 7. The lowest BCUT2D eigenvalue weighted by Crippen LogP contribution is -2.57. The van der Waals surface area contributed by atoms with E-state index in [1.54, 1.807) is 36.4 Å². The van der Waals surface area contributed by atoms with Crippen molar-refractivity contribution in [1.29, 1.82) is 0 Å². The number of benzene rings is 3. The molecule has 186 valence electrons. The summed E-state index contributed by atoms with van der Waals surface area (Å²) in [6, 6.07) is 23.3. The molecule has 1 saturated heterocycles. The normalized spacial score (nSPS) is 15.3. The second-order valence-electron chi connectivity index (χ2n) is 8.62. The van der Waals surface area contributed by atoms with Crippen LogP contribution in [0.1, 0.15) is 11.1 Å². The first kappa shape index (κ1) is 24.5. The van der Waals surface area contributed by atoms with Crippen molar-refractivity contribution in [3.05, 3.63) is 107 Å². The number of hydrogen-bond donors (Lipinski definition) is 0. The molecule has 0 aliphatic carbocycles. The Balaban J connectivity index is 1.59. The Hall–Kier alpha value is -4.20. The minimum absolute atomic E-state index is 0.0282. The summed E-state index contributed by atoms with van der Waals surface area (Å²) in [6.07, 6.45) is 3.49. The van der Waals surface area contributed by atoms with Crippen LogP contribution in [0, 0.1) is 0 Å². The van der Waals surface area contributed by atoms with Gasteiger partial charge in [0.05, 0.1) is 18.8 Å². The summed E-state index contributed by atoms with van der Waals surface area (Å²) in [5, 5.41) is 1.55. The number of barbiturate groups is 1. The molecule has 0 atom stereocenters. The number of anilines is 1. The summed E-state index contributed by atoms with van der Waals surface area (Å²) in [4.78, 5) is 42.3. The third kappa shape index (κ3) is 4.79. The number of halogens is 1. The molecular formula is C29H24ClN3O4. The second-order valence-corrected chi connectivity index (χ2v) is 9.06. The van der Waals surface area contributed by atoms with Crippen molar-refractivity contribution in [3.8, 4) is 0 Å². The number of carbonyl (C=O) groups excluding carboxylic acids is 3. The molecule has 0 saturated carbocycles. The molecule has 1 fully saturated rings. The average molecular weight is 514 g/mol. The van der Waals surface area contributed by atoms with Crippen LogP contribution in [0.3, 0.4) is 0 Å². The highest BCUT2D eigenvalue weighted by Crippen LogP contribution is 2.29. The Kier molecular flexibility index (Phi) is 6.90. The topological polar surface area (TPSA) is 71.8 Å². The second kappa shape index (κ2) is 10.4. The monoisotopic (exact) mass is 513 g/mol. The molecule has 37 heavy (non-hydrogen) atoms. The molecule has 5 rings (SSSR count). The summed E-state index contributed by atoms with van der Waals surface area (Å²) in [5.41, 5.74) is 3.01. The summed E-state index contributed by atoms with van der Waals surface area (Å²) < 4.78 is 7.17. The van der Waals surface area contributed by atoms with E-state index in [9.17, 15) is 14.4 Å². The third-order valence-corrected chi connectivity index (χ3v) is 6.50. The van der Waals surface area contributed by atoms with Gasteiger partial charge >= 0.3 is 6.03 Å². The van der Waals surface area contributed by atoms with Gasteiger partial charge in [-0.25, -0.2) is 9.69 Å². The Labute approximate surface area is 219 Å². The Morgan fingerprint density at radius 1 is 0.865 bits per heavy atom. The quantitative estimate of drug-likeness (QED) is 0.246. The number of para-hydroxylation sites is 2. The van der Waals surface area contributed by atoms with E-state index in [-0.39, 0.29) is 18.7 Å². The van der Waals surface area contributed by atoms with Crippen LogP contribution in [-0.4, -0.2) is 47.6 Å². The molecule has 1 aliphatic rings. The first-order chi connectivity index (χ1) is 18.0. The summed E-state index contributed by atoms with van der Waals surface area (Å²) in [7, 11) is 1.49. The molecule has 1 aromatic heterocycles. The van der Waals surface area contributed by atoms with E-state index < -0.39 is 17.8 Å². The van der Waals surface area contributed by atoms with Gasteiger partial charge in [-0.3, -0.25) is 14.5 Å². The molecule has 1 aliphatic heterocycles. The predicted molar refractivity (Wildman–Crippen MR) is 143 cm³/mol. The van der Waals surface area contributed by atoms with Gasteiger partial charge < -0.3 is 9.30 Å². The summed E-state index contributed by atoms with van der Waals surface area (Å²) in [6.45, 7) is 0.764. The number of fused-ring (bicyclic) bond motifs is 1. The fourth-order valence-electron chi connectivity index (χ4n) is 4.42. The van der Waals surface area contributed by atoms with E-state index >= 15 is 0 Å². The van der Waals surface area contributed by atoms with Gasteiger partial charge in [-0.15, -0.1) is 0 Å². The van der Waals surface area contributed by atoms with Crippen molar-refractivity contribution in [1.82, 2.24) is 9.47 Å². The SMILES string of the molecule is COCCN1C(=O)/C(=C/c2cn(Cc3ccc(Cl)cc3)c3ccccc23)C(=O)N(c2ccccc2)C1=O. The van der Waals surface area contributed by atoms with Gasteiger partial charge in [0.25, 0.3) is 11.8 Å². The molecule has 0 unspecified atom stereocenters. The maximum atomic E-state index is 13.6. The Morgan fingerprint density at radius 3 is 2.30 bits per heavy atom. The van der Waals surface area contributed by atoms with Gasteiger partial charge in [-0.05, 0) is 42.0 Å². The first-order valence-electron chi connectivity index (χ1n) is 11.8. The average Bonchev–Trinajstić information content (AvgIpc) is 3.25. The van der Waals surface area contributed by atoms with Crippen molar-refractivity contribution in [2.24, 2.45) is 0 Å². The van der Waals surface area contributed by atoms with Crippen LogP contribution in [0.5, 0.6) is 0 Å². The number of aromatic nitrogens is 1. The minimum Gasteiger partial charge on any atom is -0.383 e. The van der Waals surface area contributed by atoms with Gasteiger partial charge in [0.15, 0.2) is 0 Å². The zero-order valence-corrected chi connectivity index (χ0v) is 20.9. The standard InChI is InChI=1S/C29H24ClN3O4/c1-37-16-15-32-27(34)25(28(35)33(29(32)36)23-7-3-2-4-8-23)17-21-19-31(26-10-6-5-9-24(21)26)18-20-11-13-22(30)14-12-20/h2-14,17,19H,15-16,18H2,1H3/b25-17-. The number of amides is 4. The van der Waals surface area contributed by atoms with E-state index in [0.717, 1.165) is 26.3 Å². The van der Waals surface area contributed by atoms with E-state index in [0.29, 0.717) is 22.8 Å². The number of urea groups is 1. The molecule has 4 amide bonds. The van der Waals surface area contributed by atoms with Crippen molar-refractivity contribution in [2.45, 2.75) is 6.54 Å².